The number of nitrogens with one attached hydrogen (secondary N) is 1. The van der Waals surface area contributed by atoms with Crippen molar-refractivity contribution in [2.45, 2.75) is 32.8 Å². The van der Waals surface area contributed by atoms with E-state index >= 15 is 0 Å². The van der Waals surface area contributed by atoms with E-state index in [1.54, 1.807) is 20.8 Å². The Morgan fingerprint density at radius 3 is 2.53 bits per heavy atom. The van der Waals surface area contributed by atoms with E-state index in [-0.39, 0.29) is 13.0 Å². The van der Waals surface area contributed by atoms with Crippen LogP contribution in [-0.4, -0.2) is 40.2 Å². The molecule has 0 bridgehead atoms. The van der Waals surface area contributed by atoms with E-state index < -0.39 is 29.5 Å². The number of carbonyl (C=O) groups is 3. The van der Waals surface area contributed by atoms with Crippen LogP contribution in [0.3, 0.4) is 0 Å². The maximum Gasteiger partial charge on any atom is 0.429 e. The number of hydrazine groups is 1. The van der Waals surface area contributed by atoms with Crippen LogP contribution in [0, 0.1) is 5.92 Å². The molecule has 1 heterocycles. The second-order valence-corrected chi connectivity index (χ2v) is 4.87. The second kappa shape index (κ2) is 4.60. The van der Waals surface area contributed by atoms with Gasteiger partial charge in [-0.2, -0.15) is 0 Å². The number of nitrogens with zero attached hydrogens (tertiary/aromatic N) is 1. The van der Waals surface area contributed by atoms with Gasteiger partial charge in [0.25, 0.3) is 0 Å². The predicted octanol–water partition coefficient (Wildman–Crippen LogP) is 0.359. The van der Waals surface area contributed by atoms with Crippen molar-refractivity contribution >= 4 is 18.0 Å². The van der Waals surface area contributed by atoms with Gasteiger partial charge in [-0.25, -0.2) is 9.80 Å². The molecule has 1 aliphatic rings. The quantitative estimate of drug-likeness (QED) is 0.694. The maximum atomic E-state index is 11.6. The van der Waals surface area contributed by atoms with E-state index in [9.17, 15) is 14.4 Å². The standard InChI is InChI=1S/C10H16N2O5/c1-10(2,3)17-9(16)12-5-6(8(14)15)4-7(13)11-12/h6H,4-5H2,1-3H3,(H,11,13)(H,14,15)/t6-/m0/s1. The Labute approximate surface area is 98.7 Å². The summed E-state index contributed by atoms with van der Waals surface area (Å²) in [4.78, 5) is 33.7. The van der Waals surface area contributed by atoms with E-state index in [4.69, 9.17) is 9.84 Å². The molecular weight excluding hydrogens is 228 g/mol. The number of carbonyl (C=O) groups excluding carboxylic acids is 2. The fourth-order valence-corrected chi connectivity index (χ4v) is 1.35. The zero-order valence-corrected chi connectivity index (χ0v) is 10.0. The van der Waals surface area contributed by atoms with E-state index in [1.807, 2.05) is 0 Å². The Bertz CT molecular complexity index is 347. The lowest BCUT2D eigenvalue weighted by atomic mass is 10.0. The van der Waals surface area contributed by atoms with Gasteiger partial charge in [-0.05, 0) is 20.8 Å². The van der Waals surface area contributed by atoms with Crippen molar-refractivity contribution < 1.29 is 24.2 Å². The second-order valence-electron chi connectivity index (χ2n) is 4.87. The Balaban J connectivity index is 2.67. The first-order valence-electron chi connectivity index (χ1n) is 5.22. The molecule has 1 fully saturated rings. The average Bonchev–Trinajstić information content (AvgIpc) is 2.13. The number of aliphatic carboxylic acids is 1. The van der Waals surface area contributed by atoms with Crippen LogP contribution in [0.25, 0.3) is 0 Å². The summed E-state index contributed by atoms with van der Waals surface area (Å²) in [6.45, 7) is 4.97. The molecule has 1 aliphatic heterocycles. The molecule has 2 N–H and O–H groups in total. The van der Waals surface area contributed by atoms with Gasteiger partial charge in [-0.1, -0.05) is 0 Å². The molecule has 96 valence electrons. The summed E-state index contributed by atoms with van der Waals surface area (Å²) in [5.74, 6) is -2.50. The fourth-order valence-electron chi connectivity index (χ4n) is 1.35. The lowest BCUT2D eigenvalue weighted by molar-refractivity contribution is -0.149. The monoisotopic (exact) mass is 244 g/mol. The molecule has 0 aromatic heterocycles. The van der Waals surface area contributed by atoms with E-state index in [0.717, 1.165) is 5.01 Å². The summed E-state index contributed by atoms with van der Waals surface area (Å²) in [6, 6.07) is 0. The highest BCUT2D eigenvalue weighted by Crippen LogP contribution is 2.15. The van der Waals surface area contributed by atoms with E-state index in [0.29, 0.717) is 0 Å². The number of amides is 2. The lowest BCUT2D eigenvalue weighted by Crippen LogP contribution is -2.55. The predicted molar refractivity (Wildman–Crippen MR) is 56.8 cm³/mol. The Morgan fingerprint density at radius 2 is 2.06 bits per heavy atom. The van der Waals surface area contributed by atoms with Gasteiger partial charge in [0.15, 0.2) is 0 Å². The minimum Gasteiger partial charge on any atom is -0.481 e. The summed E-state index contributed by atoms with van der Waals surface area (Å²) in [6.07, 6.45) is -0.883. The molecule has 1 saturated heterocycles. The van der Waals surface area contributed by atoms with Gasteiger partial charge < -0.3 is 9.84 Å². The number of carboxylic acid groups (broad SMARTS) is 1. The van der Waals surface area contributed by atoms with Crippen molar-refractivity contribution in [3.8, 4) is 0 Å². The van der Waals surface area contributed by atoms with Crippen LogP contribution in [-0.2, 0) is 14.3 Å². The van der Waals surface area contributed by atoms with Crippen molar-refractivity contribution in [3.05, 3.63) is 0 Å². The Kier molecular flexibility index (Phi) is 3.59. The number of rotatable bonds is 1. The highest BCUT2D eigenvalue weighted by Gasteiger charge is 2.34. The van der Waals surface area contributed by atoms with Crippen molar-refractivity contribution in [1.29, 1.82) is 0 Å². The topological polar surface area (TPSA) is 95.9 Å². The molecule has 7 nitrogen and oxygen atoms in total. The number of hydrogen-bond donors (Lipinski definition) is 2. The van der Waals surface area contributed by atoms with Crippen LogP contribution in [0.5, 0.6) is 0 Å². The normalized spacial score (nSPS) is 20.8. The minimum atomic E-state index is -1.10. The van der Waals surface area contributed by atoms with Gasteiger partial charge in [-0.15, -0.1) is 0 Å². The first-order valence-corrected chi connectivity index (χ1v) is 5.22. The zero-order valence-electron chi connectivity index (χ0n) is 10.0. The summed E-state index contributed by atoms with van der Waals surface area (Å²) in [5, 5.41) is 9.73. The van der Waals surface area contributed by atoms with Crippen molar-refractivity contribution in [1.82, 2.24) is 10.4 Å². The fraction of sp³-hybridized carbons (Fsp3) is 0.700. The summed E-state index contributed by atoms with van der Waals surface area (Å²) >= 11 is 0. The smallest absolute Gasteiger partial charge is 0.429 e. The van der Waals surface area contributed by atoms with Gasteiger partial charge in [0, 0.05) is 6.42 Å². The average molecular weight is 244 g/mol. The van der Waals surface area contributed by atoms with Crippen LogP contribution >= 0.6 is 0 Å². The van der Waals surface area contributed by atoms with Crippen LogP contribution < -0.4 is 5.43 Å². The molecule has 0 spiro atoms. The lowest BCUT2D eigenvalue weighted by Gasteiger charge is -2.32. The molecule has 1 atom stereocenters. The van der Waals surface area contributed by atoms with Crippen LogP contribution in [0.4, 0.5) is 4.79 Å². The van der Waals surface area contributed by atoms with Crippen LogP contribution in [0.15, 0.2) is 0 Å². The molecule has 2 amide bonds. The SMILES string of the molecule is CC(C)(C)OC(=O)N1C[C@@H](C(=O)O)CC(=O)N1. The zero-order chi connectivity index (χ0) is 13.2. The minimum absolute atomic E-state index is 0.0873. The van der Waals surface area contributed by atoms with Crippen LogP contribution in [0.1, 0.15) is 27.2 Å². The molecule has 0 aromatic rings. The first kappa shape index (κ1) is 13.3. The van der Waals surface area contributed by atoms with E-state index in [1.165, 1.54) is 0 Å². The Morgan fingerprint density at radius 1 is 1.47 bits per heavy atom. The molecule has 0 unspecified atom stereocenters. The first-order chi connectivity index (χ1) is 7.69. The third-order valence-corrected chi connectivity index (χ3v) is 2.06. The highest BCUT2D eigenvalue weighted by atomic mass is 16.6. The van der Waals surface area contributed by atoms with Gasteiger partial charge in [0.2, 0.25) is 5.91 Å². The number of carboxylic acids is 1. The largest absolute Gasteiger partial charge is 0.481 e. The van der Waals surface area contributed by atoms with Gasteiger partial charge in [-0.3, -0.25) is 15.0 Å². The molecule has 1 rings (SSSR count). The van der Waals surface area contributed by atoms with Crippen molar-refractivity contribution in [3.63, 3.8) is 0 Å². The molecule has 17 heavy (non-hydrogen) atoms. The molecule has 0 radical (unpaired) electrons. The summed E-state index contributed by atoms with van der Waals surface area (Å²) in [7, 11) is 0. The molecular formula is C10H16N2O5. The van der Waals surface area contributed by atoms with Gasteiger partial charge in [0.1, 0.15) is 5.60 Å². The van der Waals surface area contributed by atoms with Crippen molar-refractivity contribution in [2.75, 3.05) is 6.54 Å². The van der Waals surface area contributed by atoms with Crippen molar-refractivity contribution in [2.24, 2.45) is 5.92 Å². The summed E-state index contributed by atoms with van der Waals surface area (Å²) in [5.41, 5.74) is 1.58. The molecule has 7 heteroatoms. The summed E-state index contributed by atoms with van der Waals surface area (Å²) < 4.78 is 5.03. The third-order valence-electron chi connectivity index (χ3n) is 2.06. The van der Waals surface area contributed by atoms with Gasteiger partial charge >= 0.3 is 12.1 Å². The van der Waals surface area contributed by atoms with Gasteiger partial charge in [0.05, 0.1) is 12.5 Å². The Hall–Kier alpha value is -1.79. The number of ether oxygens (including phenoxy) is 1. The highest BCUT2D eigenvalue weighted by molar-refractivity contribution is 5.86. The maximum absolute atomic E-state index is 11.6. The molecule has 0 aromatic carbocycles. The third kappa shape index (κ3) is 3.93. The van der Waals surface area contributed by atoms with E-state index in [2.05, 4.69) is 5.43 Å². The molecule has 0 saturated carbocycles. The van der Waals surface area contributed by atoms with Crippen LogP contribution in [0.2, 0.25) is 0 Å². The molecule has 0 aliphatic carbocycles. The number of hydrogen-bond acceptors (Lipinski definition) is 4.